The Morgan fingerprint density at radius 3 is 1.75 bits per heavy atom. The summed E-state index contributed by atoms with van der Waals surface area (Å²) in [6, 6.07) is 15.9. The summed E-state index contributed by atoms with van der Waals surface area (Å²) in [5, 5.41) is 0.293. The van der Waals surface area contributed by atoms with Crippen LogP contribution in [0, 0.1) is 0 Å². The second-order valence-electron chi connectivity index (χ2n) is 3.95. The maximum absolute atomic E-state index is 12.6. The van der Waals surface area contributed by atoms with E-state index in [1.807, 2.05) is 0 Å². The fraction of sp³-hybridized carbons (Fsp3) is 0.0769. The Morgan fingerprint density at radius 2 is 1.30 bits per heavy atom. The molecule has 0 aliphatic carbocycles. The highest BCUT2D eigenvalue weighted by molar-refractivity contribution is 7.74. The molecule has 1 N–H and O–H groups in total. The first-order valence-corrected chi connectivity index (χ1v) is 8.91. The maximum Gasteiger partial charge on any atom is 0.368 e. The Balaban J connectivity index is 2.36. The number of hydrogen-bond donors (Lipinski definition) is 1. The molecule has 0 saturated heterocycles. The number of rotatable bonds is 5. The minimum absolute atomic E-state index is 0.0632. The third-order valence-corrected chi connectivity index (χ3v) is 6.72. The summed E-state index contributed by atoms with van der Waals surface area (Å²) in [5.74, 6) is 0. The molecule has 0 bridgehead atoms. The van der Waals surface area contributed by atoms with Crippen LogP contribution in [0.1, 0.15) is 0 Å². The molecule has 20 heavy (non-hydrogen) atoms. The number of benzene rings is 2. The van der Waals surface area contributed by atoms with Crippen molar-refractivity contribution in [1.82, 2.24) is 0 Å². The Morgan fingerprint density at radius 1 is 0.850 bits per heavy atom. The molecule has 2 aromatic carbocycles. The Bertz CT molecular complexity index is 657. The van der Waals surface area contributed by atoms with E-state index in [2.05, 4.69) is 0 Å². The van der Waals surface area contributed by atoms with Crippen LogP contribution >= 0.6 is 15.2 Å². The van der Waals surface area contributed by atoms with E-state index in [0.717, 1.165) is 0 Å². The van der Waals surface area contributed by atoms with Crippen LogP contribution in [0.25, 0.3) is 0 Å². The zero-order valence-corrected chi connectivity index (χ0v) is 12.5. The molecule has 0 aliphatic rings. The Labute approximate surface area is 117 Å². The molecular weight excluding hydrogens is 298 g/mol. The molecule has 0 spiro atoms. The van der Waals surface area contributed by atoms with Gasteiger partial charge < -0.3 is 9.42 Å². The van der Waals surface area contributed by atoms with Gasteiger partial charge in [-0.2, -0.15) is 0 Å². The first-order valence-electron chi connectivity index (χ1n) is 5.79. The first kappa shape index (κ1) is 15.2. The zero-order valence-electron chi connectivity index (χ0n) is 10.7. The molecule has 106 valence electrons. The van der Waals surface area contributed by atoms with Gasteiger partial charge in [0.2, 0.25) is 0 Å². The van der Waals surface area contributed by atoms with E-state index in [4.69, 9.17) is 8.83 Å². The van der Waals surface area contributed by atoms with Gasteiger partial charge in [0, 0.05) is 7.11 Å². The topological polar surface area (TPSA) is 72.8 Å². The van der Waals surface area contributed by atoms with Gasteiger partial charge in [-0.25, -0.2) is 4.31 Å². The first-order chi connectivity index (χ1) is 9.48. The second kappa shape index (κ2) is 6.04. The van der Waals surface area contributed by atoms with Crippen molar-refractivity contribution in [2.24, 2.45) is 0 Å². The molecule has 5 nitrogen and oxygen atoms in total. The summed E-state index contributed by atoms with van der Waals surface area (Å²) in [6.45, 7) is 0. The van der Waals surface area contributed by atoms with E-state index in [1.54, 1.807) is 36.4 Å². The molecule has 2 rings (SSSR count). The lowest BCUT2D eigenvalue weighted by Gasteiger charge is -2.20. The van der Waals surface area contributed by atoms with Gasteiger partial charge >= 0.3 is 15.2 Å². The van der Waals surface area contributed by atoms with Crippen LogP contribution in [-0.2, 0) is 18.0 Å². The van der Waals surface area contributed by atoms with Crippen molar-refractivity contribution in [3.8, 4) is 0 Å². The predicted molar refractivity (Wildman–Crippen MR) is 77.7 cm³/mol. The van der Waals surface area contributed by atoms with Gasteiger partial charge in [0.25, 0.3) is 0 Å². The fourth-order valence-electron chi connectivity index (χ4n) is 1.61. The highest BCUT2D eigenvalue weighted by Crippen LogP contribution is 2.60. The highest BCUT2D eigenvalue weighted by atomic mass is 31.3. The van der Waals surface area contributed by atoms with E-state index in [0.29, 0.717) is 0 Å². The molecule has 0 aliphatic heterocycles. The van der Waals surface area contributed by atoms with Crippen molar-refractivity contribution in [3.63, 3.8) is 0 Å². The van der Waals surface area contributed by atoms with Crippen molar-refractivity contribution >= 4 is 25.8 Å². The van der Waals surface area contributed by atoms with Crippen LogP contribution in [0.2, 0.25) is 0 Å². The molecule has 0 heterocycles. The summed E-state index contributed by atoms with van der Waals surface area (Å²) in [6.07, 6.45) is 0. The van der Waals surface area contributed by atoms with Gasteiger partial charge in [-0.05, 0) is 24.3 Å². The largest absolute Gasteiger partial charge is 0.368 e. The Hall–Kier alpha value is -1.22. The molecular formula is C13H14O5P2. The molecule has 0 amide bonds. The van der Waals surface area contributed by atoms with E-state index in [1.165, 1.54) is 31.4 Å². The lowest BCUT2D eigenvalue weighted by molar-refractivity contribution is 0.312. The quantitative estimate of drug-likeness (QED) is 0.859. The predicted octanol–water partition coefficient (Wildman–Crippen LogP) is 2.68. The summed E-state index contributed by atoms with van der Waals surface area (Å²) in [7, 11) is -6.91. The van der Waals surface area contributed by atoms with Gasteiger partial charge in [0.15, 0.2) is 0 Å². The molecule has 2 unspecified atom stereocenters. The normalized spacial score (nSPS) is 17.1. The summed E-state index contributed by atoms with van der Waals surface area (Å²) in [5.41, 5.74) is 0. The lowest BCUT2D eigenvalue weighted by Crippen LogP contribution is -2.12. The maximum atomic E-state index is 12.6. The van der Waals surface area contributed by atoms with Crippen molar-refractivity contribution in [3.05, 3.63) is 60.7 Å². The van der Waals surface area contributed by atoms with Crippen LogP contribution in [0.3, 0.4) is 0 Å². The monoisotopic (exact) mass is 312 g/mol. The van der Waals surface area contributed by atoms with Gasteiger partial charge in [0.05, 0.1) is 10.6 Å². The molecule has 2 aromatic rings. The van der Waals surface area contributed by atoms with E-state index >= 15 is 0 Å². The minimum Gasteiger partial charge on any atom is -0.321 e. The second-order valence-corrected chi connectivity index (χ2v) is 8.04. The summed E-state index contributed by atoms with van der Waals surface area (Å²) >= 11 is 0. The van der Waals surface area contributed by atoms with Crippen LogP contribution in [0.15, 0.2) is 60.7 Å². The third kappa shape index (κ3) is 3.26. The molecule has 2 atom stereocenters. The third-order valence-electron chi connectivity index (χ3n) is 2.61. The number of hydrogen-bond acceptors (Lipinski definition) is 4. The van der Waals surface area contributed by atoms with Crippen molar-refractivity contribution < 1.29 is 22.9 Å². The van der Waals surface area contributed by atoms with Gasteiger partial charge in [-0.15, -0.1) is 0 Å². The molecule has 7 heteroatoms. The highest BCUT2D eigenvalue weighted by Gasteiger charge is 2.37. The average molecular weight is 312 g/mol. The van der Waals surface area contributed by atoms with E-state index in [-0.39, 0.29) is 10.6 Å². The van der Waals surface area contributed by atoms with Crippen molar-refractivity contribution in [2.45, 2.75) is 0 Å². The molecule has 0 fully saturated rings. The smallest absolute Gasteiger partial charge is 0.321 e. The zero-order chi connectivity index (χ0) is 14.6. The van der Waals surface area contributed by atoms with E-state index < -0.39 is 15.2 Å². The van der Waals surface area contributed by atoms with Crippen molar-refractivity contribution in [2.75, 3.05) is 7.11 Å². The Kier molecular flexibility index (Phi) is 4.59. The summed E-state index contributed by atoms with van der Waals surface area (Å²) in [4.78, 5) is 9.99. The van der Waals surface area contributed by atoms with Crippen LogP contribution in [0.4, 0.5) is 0 Å². The molecule has 0 saturated carbocycles. The SMILES string of the molecule is COP(=O)(OP(=O)(O)c1ccccc1)c1ccccc1. The average Bonchev–Trinajstić information content (AvgIpc) is 2.48. The van der Waals surface area contributed by atoms with E-state index in [9.17, 15) is 14.0 Å². The molecule has 0 aromatic heterocycles. The fourth-order valence-corrected chi connectivity index (χ4v) is 5.09. The van der Waals surface area contributed by atoms with Crippen molar-refractivity contribution in [1.29, 1.82) is 0 Å². The molecule has 0 radical (unpaired) electrons. The van der Waals surface area contributed by atoms with Crippen LogP contribution < -0.4 is 10.6 Å². The lowest BCUT2D eigenvalue weighted by atomic mass is 10.4. The summed E-state index contributed by atoms with van der Waals surface area (Å²) < 4.78 is 34.7. The van der Waals surface area contributed by atoms with Gasteiger partial charge in [-0.3, -0.25) is 9.13 Å². The van der Waals surface area contributed by atoms with Gasteiger partial charge in [0.1, 0.15) is 0 Å². The van der Waals surface area contributed by atoms with Crippen LogP contribution in [-0.4, -0.2) is 12.0 Å². The standard InChI is InChI=1S/C13H14O5P2/c1-17-20(16,13-10-6-3-7-11-13)18-19(14,15)12-8-4-2-5-9-12/h2-11H,1H3,(H,14,15). The van der Waals surface area contributed by atoms with Gasteiger partial charge in [-0.1, -0.05) is 36.4 Å². The van der Waals surface area contributed by atoms with Crippen LogP contribution in [0.5, 0.6) is 0 Å². The minimum atomic E-state index is -4.24.